The maximum absolute atomic E-state index is 11.7. The van der Waals surface area contributed by atoms with E-state index in [-0.39, 0.29) is 23.2 Å². The van der Waals surface area contributed by atoms with Crippen molar-refractivity contribution >= 4 is 23.2 Å². The third kappa shape index (κ3) is 3.50. The fourth-order valence-corrected chi connectivity index (χ4v) is 3.07. The largest absolute Gasteiger partial charge is 0.378 e. The first-order valence-electron chi connectivity index (χ1n) is 7.13. The molecule has 1 fully saturated rings. The van der Waals surface area contributed by atoms with Crippen molar-refractivity contribution in [2.75, 3.05) is 12.4 Å². The summed E-state index contributed by atoms with van der Waals surface area (Å²) in [6.07, 6.45) is 0.876. The first-order valence-corrected chi connectivity index (χ1v) is 7.51. The number of hydrogen-bond donors (Lipinski definition) is 2. The minimum absolute atomic E-state index is 0.128. The van der Waals surface area contributed by atoms with Gasteiger partial charge in [-0.1, -0.05) is 11.6 Å². The molecule has 5 heteroatoms. The van der Waals surface area contributed by atoms with Crippen molar-refractivity contribution in [1.82, 2.24) is 5.32 Å². The molecule has 1 aliphatic rings. The summed E-state index contributed by atoms with van der Waals surface area (Å²) in [7, 11) is 1.61. The molecule has 0 radical (unpaired) electrons. The summed E-state index contributed by atoms with van der Waals surface area (Å²) in [6.45, 7) is 8.30. The molecule has 2 rings (SSSR count). The van der Waals surface area contributed by atoms with E-state index < -0.39 is 0 Å². The summed E-state index contributed by atoms with van der Waals surface area (Å²) in [4.78, 5) is 11.7. The molecule has 1 aromatic carbocycles. The smallest absolute Gasteiger partial charge is 0.251 e. The normalized spacial score (nSPS) is 22.9. The van der Waals surface area contributed by atoms with Crippen LogP contribution in [0.15, 0.2) is 18.2 Å². The predicted octanol–water partition coefficient (Wildman–Crippen LogP) is 3.46. The monoisotopic (exact) mass is 310 g/mol. The topological polar surface area (TPSA) is 50.4 Å². The lowest BCUT2D eigenvalue weighted by molar-refractivity contribution is -0.0662. The van der Waals surface area contributed by atoms with Gasteiger partial charge in [0.25, 0.3) is 5.91 Å². The average molecular weight is 311 g/mol. The zero-order chi connectivity index (χ0) is 15.8. The highest BCUT2D eigenvalue weighted by Crippen LogP contribution is 2.39. The summed E-state index contributed by atoms with van der Waals surface area (Å²) in [5.41, 5.74) is 0.875. The maximum Gasteiger partial charge on any atom is 0.251 e. The van der Waals surface area contributed by atoms with Crippen molar-refractivity contribution in [1.29, 1.82) is 0 Å². The molecule has 1 heterocycles. The van der Waals surface area contributed by atoms with Crippen LogP contribution in [-0.4, -0.2) is 30.2 Å². The zero-order valence-electron chi connectivity index (χ0n) is 13.2. The Morgan fingerprint density at radius 2 is 2.00 bits per heavy atom. The number of hydrogen-bond acceptors (Lipinski definition) is 3. The lowest BCUT2D eigenvalue weighted by Crippen LogP contribution is -2.38. The van der Waals surface area contributed by atoms with E-state index in [2.05, 4.69) is 38.3 Å². The number of rotatable bonds is 3. The molecule has 0 bridgehead atoms. The van der Waals surface area contributed by atoms with E-state index in [0.717, 1.165) is 12.1 Å². The summed E-state index contributed by atoms with van der Waals surface area (Å²) >= 11 is 6.25. The maximum atomic E-state index is 11.7. The minimum Gasteiger partial charge on any atom is -0.378 e. The predicted molar refractivity (Wildman–Crippen MR) is 86.1 cm³/mol. The van der Waals surface area contributed by atoms with Gasteiger partial charge in [0.05, 0.1) is 28.0 Å². The molecular formula is C16H23ClN2O2. The molecule has 1 aliphatic heterocycles. The summed E-state index contributed by atoms with van der Waals surface area (Å²) in [5.74, 6) is -0.128. The summed E-state index contributed by atoms with van der Waals surface area (Å²) in [5, 5.41) is 6.65. The third-order valence-corrected chi connectivity index (χ3v) is 4.19. The fourth-order valence-electron chi connectivity index (χ4n) is 2.90. The molecule has 0 saturated carbocycles. The lowest BCUT2D eigenvalue weighted by Gasteiger charge is -2.28. The second-order valence-electron chi connectivity index (χ2n) is 6.64. The molecule has 21 heavy (non-hydrogen) atoms. The standard InChI is InChI=1S/C16H23ClN2O2/c1-15(2)9-13(16(3,4)21-15)19-12-8-10(14(20)18-5)6-7-11(12)17/h6-8,13,19H,9H2,1-5H3,(H,18,20). The van der Waals surface area contributed by atoms with Crippen LogP contribution in [0.2, 0.25) is 5.02 Å². The van der Waals surface area contributed by atoms with Gasteiger partial charge in [0.2, 0.25) is 0 Å². The Morgan fingerprint density at radius 1 is 1.33 bits per heavy atom. The van der Waals surface area contributed by atoms with Crippen molar-refractivity contribution < 1.29 is 9.53 Å². The molecule has 1 aromatic rings. The van der Waals surface area contributed by atoms with Crippen LogP contribution in [0.25, 0.3) is 0 Å². The zero-order valence-corrected chi connectivity index (χ0v) is 14.0. The van der Waals surface area contributed by atoms with Crippen LogP contribution in [0, 0.1) is 0 Å². The second-order valence-corrected chi connectivity index (χ2v) is 7.05. The molecule has 0 spiro atoms. The van der Waals surface area contributed by atoms with Gasteiger partial charge in [-0.25, -0.2) is 0 Å². The minimum atomic E-state index is -0.296. The molecule has 4 nitrogen and oxygen atoms in total. The SMILES string of the molecule is CNC(=O)c1ccc(Cl)c(NC2CC(C)(C)OC2(C)C)c1. The van der Waals surface area contributed by atoms with Crippen LogP contribution in [0.5, 0.6) is 0 Å². The second kappa shape index (κ2) is 5.50. The highest BCUT2D eigenvalue weighted by Gasteiger charge is 2.45. The van der Waals surface area contributed by atoms with E-state index in [4.69, 9.17) is 16.3 Å². The van der Waals surface area contributed by atoms with Gasteiger partial charge in [-0.3, -0.25) is 4.79 Å². The molecule has 2 N–H and O–H groups in total. The third-order valence-electron chi connectivity index (χ3n) is 3.86. The Kier molecular flexibility index (Phi) is 4.22. The van der Waals surface area contributed by atoms with Gasteiger partial charge in [-0.15, -0.1) is 0 Å². The van der Waals surface area contributed by atoms with Crippen molar-refractivity contribution in [3.05, 3.63) is 28.8 Å². The summed E-state index contributed by atoms with van der Waals surface area (Å²) in [6, 6.07) is 5.36. The number of carbonyl (C=O) groups is 1. The number of nitrogens with one attached hydrogen (secondary N) is 2. The first kappa shape index (κ1) is 16.1. The molecule has 0 aliphatic carbocycles. The number of halogens is 1. The van der Waals surface area contributed by atoms with Gasteiger partial charge < -0.3 is 15.4 Å². The Balaban J connectivity index is 2.25. The first-order chi connectivity index (χ1) is 9.64. The van der Waals surface area contributed by atoms with E-state index in [0.29, 0.717) is 10.6 Å². The van der Waals surface area contributed by atoms with E-state index in [1.807, 2.05) is 0 Å². The number of anilines is 1. The lowest BCUT2D eigenvalue weighted by atomic mass is 9.94. The van der Waals surface area contributed by atoms with Crippen molar-refractivity contribution in [3.8, 4) is 0 Å². The fraction of sp³-hybridized carbons (Fsp3) is 0.562. The van der Waals surface area contributed by atoms with Crippen LogP contribution in [0.3, 0.4) is 0 Å². The van der Waals surface area contributed by atoms with E-state index in [1.165, 1.54) is 0 Å². The number of benzene rings is 1. The van der Waals surface area contributed by atoms with Crippen molar-refractivity contribution in [2.45, 2.75) is 51.4 Å². The Morgan fingerprint density at radius 3 is 2.52 bits per heavy atom. The van der Waals surface area contributed by atoms with Crippen LogP contribution >= 0.6 is 11.6 Å². The molecule has 0 aromatic heterocycles. The highest BCUT2D eigenvalue weighted by molar-refractivity contribution is 6.33. The molecule has 1 saturated heterocycles. The Bertz CT molecular complexity index is 555. The van der Waals surface area contributed by atoms with Gasteiger partial charge in [0, 0.05) is 12.6 Å². The Hall–Kier alpha value is -1.26. The van der Waals surface area contributed by atoms with Gasteiger partial charge in [0.1, 0.15) is 0 Å². The van der Waals surface area contributed by atoms with Gasteiger partial charge in [0.15, 0.2) is 0 Å². The molecule has 1 atom stereocenters. The number of carbonyl (C=O) groups excluding carboxylic acids is 1. The average Bonchev–Trinajstić information content (AvgIpc) is 2.58. The van der Waals surface area contributed by atoms with Crippen LogP contribution < -0.4 is 10.6 Å². The van der Waals surface area contributed by atoms with Crippen molar-refractivity contribution in [2.24, 2.45) is 0 Å². The van der Waals surface area contributed by atoms with Gasteiger partial charge in [-0.2, -0.15) is 0 Å². The molecule has 116 valence electrons. The quantitative estimate of drug-likeness (QED) is 0.899. The summed E-state index contributed by atoms with van der Waals surface area (Å²) < 4.78 is 6.07. The van der Waals surface area contributed by atoms with Gasteiger partial charge >= 0.3 is 0 Å². The number of ether oxygens (including phenoxy) is 1. The molecule has 1 amide bonds. The van der Waals surface area contributed by atoms with Crippen LogP contribution in [0.1, 0.15) is 44.5 Å². The highest BCUT2D eigenvalue weighted by atomic mass is 35.5. The Labute approximate surface area is 131 Å². The van der Waals surface area contributed by atoms with Crippen molar-refractivity contribution in [3.63, 3.8) is 0 Å². The van der Waals surface area contributed by atoms with Crippen LogP contribution in [-0.2, 0) is 4.74 Å². The van der Waals surface area contributed by atoms with E-state index >= 15 is 0 Å². The number of amides is 1. The molecule has 1 unspecified atom stereocenters. The van der Waals surface area contributed by atoms with Crippen LogP contribution in [0.4, 0.5) is 5.69 Å². The van der Waals surface area contributed by atoms with Gasteiger partial charge in [-0.05, 0) is 52.3 Å². The molecular weight excluding hydrogens is 288 g/mol. The van der Waals surface area contributed by atoms with E-state index in [9.17, 15) is 4.79 Å². The van der Waals surface area contributed by atoms with E-state index in [1.54, 1.807) is 25.2 Å².